The molecule has 1 N–H and O–H groups in total. The summed E-state index contributed by atoms with van der Waals surface area (Å²) >= 11 is 1.39. The number of thioether (sulfide) groups is 1. The van der Waals surface area contributed by atoms with Gasteiger partial charge in [0.25, 0.3) is 0 Å². The van der Waals surface area contributed by atoms with Crippen molar-refractivity contribution in [1.82, 2.24) is 20.1 Å². The summed E-state index contributed by atoms with van der Waals surface area (Å²) in [4.78, 5) is 12.5. The summed E-state index contributed by atoms with van der Waals surface area (Å²) < 4.78 is 13.6. The fraction of sp³-hybridized carbons (Fsp3) is 0.458. The Labute approximate surface area is 192 Å². The molecule has 0 aliphatic heterocycles. The van der Waals surface area contributed by atoms with Crippen LogP contribution in [0.2, 0.25) is 0 Å². The van der Waals surface area contributed by atoms with E-state index in [0.29, 0.717) is 29.3 Å². The number of aromatic nitrogens is 3. The predicted molar refractivity (Wildman–Crippen MR) is 124 cm³/mol. The molecule has 170 valence electrons. The lowest BCUT2D eigenvalue weighted by Crippen LogP contribution is -2.37. The van der Waals surface area contributed by atoms with E-state index in [1.54, 1.807) is 6.26 Å². The standard InChI is InChI=1S/C24H30N4O3S/c1-17-8-6-12-21(18(17)2)31-15-22-26-27-24(28(22)14-20-11-7-13-30-20)32-16-23(29)25-19-9-4-3-5-10-19/h6-8,11-13,19H,3-5,9-10,14-16H2,1-2H3,(H,25,29). The number of amides is 1. The van der Waals surface area contributed by atoms with Crippen molar-refractivity contribution in [2.75, 3.05) is 5.75 Å². The molecule has 2 aromatic heterocycles. The minimum atomic E-state index is 0.0441. The number of carbonyl (C=O) groups excluding carboxylic acids is 1. The van der Waals surface area contributed by atoms with Crippen LogP contribution in [0, 0.1) is 13.8 Å². The molecular formula is C24H30N4O3S. The van der Waals surface area contributed by atoms with Gasteiger partial charge in [-0.3, -0.25) is 9.36 Å². The third-order valence-corrected chi connectivity index (χ3v) is 6.87. The summed E-state index contributed by atoms with van der Waals surface area (Å²) in [5.41, 5.74) is 2.29. The lowest BCUT2D eigenvalue weighted by atomic mass is 9.95. The first-order valence-corrected chi connectivity index (χ1v) is 12.1. The Hall–Kier alpha value is -2.74. The largest absolute Gasteiger partial charge is 0.485 e. The summed E-state index contributed by atoms with van der Waals surface area (Å²) in [5.74, 6) is 2.68. The molecule has 7 nitrogen and oxygen atoms in total. The van der Waals surface area contributed by atoms with E-state index in [9.17, 15) is 4.79 Å². The Kier molecular flexibility index (Phi) is 7.52. The van der Waals surface area contributed by atoms with Crippen LogP contribution in [-0.4, -0.2) is 32.5 Å². The van der Waals surface area contributed by atoms with E-state index in [2.05, 4.69) is 28.5 Å². The molecule has 1 saturated carbocycles. The van der Waals surface area contributed by atoms with Gasteiger partial charge in [0.2, 0.25) is 5.91 Å². The molecule has 0 unspecified atom stereocenters. The maximum Gasteiger partial charge on any atom is 0.230 e. The average Bonchev–Trinajstić information content (AvgIpc) is 3.45. The molecule has 1 aliphatic carbocycles. The van der Waals surface area contributed by atoms with Gasteiger partial charge in [-0.25, -0.2) is 0 Å². The number of aryl methyl sites for hydroxylation is 1. The number of carbonyl (C=O) groups is 1. The molecule has 3 aromatic rings. The van der Waals surface area contributed by atoms with Crippen LogP contribution in [0.5, 0.6) is 5.75 Å². The van der Waals surface area contributed by atoms with Gasteiger partial charge in [0.05, 0.1) is 18.6 Å². The molecule has 2 heterocycles. The molecule has 32 heavy (non-hydrogen) atoms. The van der Waals surface area contributed by atoms with Crippen molar-refractivity contribution in [3.05, 3.63) is 59.3 Å². The highest BCUT2D eigenvalue weighted by molar-refractivity contribution is 7.99. The van der Waals surface area contributed by atoms with Crippen molar-refractivity contribution < 1.29 is 13.9 Å². The molecule has 0 spiro atoms. The number of benzene rings is 1. The Morgan fingerprint density at radius 3 is 2.81 bits per heavy atom. The quantitative estimate of drug-likeness (QED) is 0.474. The zero-order valence-corrected chi connectivity index (χ0v) is 19.5. The minimum Gasteiger partial charge on any atom is -0.485 e. The van der Waals surface area contributed by atoms with Gasteiger partial charge in [0.1, 0.15) is 18.1 Å². The van der Waals surface area contributed by atoms with Crippen LogP contribution in [0.15, 0.2) is 46.2 Å². The normalized spacial score (nSPS) is 14.4. The zero-order chi connectivity index (χ0) is 22.3. The van der Waals surface area contributed by atoms with Crippen LogP contribution >= 0.6 is 11.8 Å². The lowest BCUT2D eigenvalue weighted by molar-refractivity contribution is -0.119. The first kappa shape index (κ1) is 22.5. The second kappa shape index (κ2) is 10.7. The van der Waals surface area contributed by atoms with Crippen LogP contribution < -0.4 is 10.1 Å². The highest BCUT2D eigenvalue weighted by Crippen LogP contribution is 2.24. The first-order valence-electron chi connectivity index (χ1n) is 11.2. The molecular weight excluding hydrogens is 424 g/mol. The molecule has 1 fully saturated rings. The fourth-order valence-corrected chi connectivity index (χ4v) is 4.69. The van der Waals surface area contributed by atoms with Gasteiger partial charge in [-0.2, -0.15) is 0 Å². The summed E-state index contributed by atoms with van der Waals surface area (Å²) in [7, 11) is 0. The Morgan fingerprint density at radius 1 is 1.19 bits per heavy atom. The maximum atomic E-state index is 12.5. The van der Waals surface area contributed by atoms with Gasteiger partial charge in [-0.05, 0) is 56.0 Å². The summed E-state index contributed by atoms with van der Waals surface area (Å²) in [6.07, 6.45) is 7.45. The topological polar surface area (TPSA) is 82.2 Å². The molecule has 1 aliphatic rings. The van der Waals surface area contributed by atoms with E-state index < -0.39 is 0 Å². The first-order chi connectivity index (χ1) is 15.6. The number of nitrogens with one attached hydrogen (secondary N) is 1. The van der Waals surface area contributed by atoms with Gasteiger partial charge in [-0.1, -0.05) is 43.2 Å². The molecule has 8 heteroatoms. The molecule has 1 aromatic carbocycles. The third kappa shape index (κ3) is 5.73. The fourth-order valence-electron chi connectivity index (χ4n) is 3.92. The Balaban J connectivity index is 1.43. The highest BCUT2D eigenvalue weighted by Gasteiger charge is 2.19. The van der Waals surface area contributed by atoms with Crippen molar-refractivity contribution >= 4 is 17.7 Å². The molecule has 0 saturated heterocycles. The van der Waals surface area contributed by atoms with Gasteiger partial charge in [0, 0.05) is 6.04 Å². The number of hydrogen-bond donors (Lipinski definition) is 1. The second-order valence-corrected chi connectivity index (χ2v) is 9.18. The van der Waals surface area contributed by atoms with E-state index in [-0.39, 0.29) is 12.5 Å². The lowest BCUT2D eigenvalue weighted by Gasteiger charge is -2.22. The summed E-state index contributed by atoms with van der Waals surface area (Å²) in [5, 5.41) is 12.5. The van der Waals surface area contributed by atoms with E-state index in [1.807, 2.05) is 35.8 Å². The predicted octanol–water partition coefficient (Wildman–Crippen LogP) is 4.66. The maximum absolute atomic E-state index is 12.5. The van der Waals surface area contributed by atoms with Crippen molar-refractivity contribution in [3.63, 3.8) is 0 Å². The SMILES string of the molecule is Cc1cccc(OCc2nnc(SCC(=O)NC3CCCCC3)n2Cc2ccco2)c1C. The molecule has 4 rings (SSSR count). The molecule has 0 atom stereocenters. The zero-order valence-electron chi connectivity index (χ0n) is 18.7. The van der Waals surface area contributed by atoms with E-state index >= 15 is 0 Å². The van der Waals surface area contributed by atoms with E-state index in [1.165, 1.54) is 36.6 Å². The van der Waals surface area contributed by atoms with E-state index in [4.69, 9.17) is 9.15 Å². The van der Waals surface area contributed by atoms with Crippen LogP contribution in [0.3, 0.4) is 0 Å². The van der Waals surface area contributed by atoms with Crippen LogP contribution in [0.1, 0.15) is 54.8 Å². The number of rotatable bonds is 9. The number of hydrogen-bond acceptors (Lipinski definition) is 6. The van der Waals surface area contributed by atoms with Crippen molar-refractivity contribution in [1.29, 1.82) is 0 Å². The van der Waals surface area contributed by atoms with E-state index in [0.717, 1.165) is 29.9 Å². The summed E-state index contributed by atoms with van der Waals surface area (Å²) in [6, 6.07) is 10.1. The number of furan rings is 1. The van der Waals surface area contributed by atoms with Crippen LogP contribution in [-0.2, 0) is 17.9 Å². The third-order valence-electron chi connectivity index (χ3n) is 5.90. The minimum absolute atomic E-state index is 0.0441. The van der Waals surface area contributed by atoms with Crippen molar-refractivity contribution in [2.45, 2.75) is 70.3 Å². The molecule has 1 amide bonds. The second-order valence-electron chi connectivity index (χ2n) is 8.24. The monoisotopic (exact) mass is 454 g/mol. The van der Waals surface area contributed by atoms with Crippen molar-refractivity contribution in [3.8, 4) is 5.75 Å². The van der Waals surface area contributed by atoms with Crippen LogP contribution in [0.25, 0.3) is 0 Å². The van der Waals surface area contributed by atoms with Crippen molar-refractivity contribution in [2.24, 2.45) is 0 Å². The van der Waals surface area contributed by atoms with Gasteiger partial charge in [0.15, 0.2) is 11.0 Å². The van der Waals surface area contributed by atoms with Gasteiger partial charge >= 0.3 is 0 Å². The number of ether oxygens (including phenoxy) is 1. The average molecular weight is 455 g/mol. The van der Waals surface area contributed by atoms with Gasteiger partial charge < -0.3 is 14.5 Å². The molecule has 0 bridgehead atoms. The number of nitrogens with zero attached hydrogens (tertiary/aromatic N) is 3. The molecule has 0 radical (unpaired) electrons. The van der Waals surface area contributed by atoms with Gasteiger partial charge in [-0.15, -0.1) is 10.2 Å². The highest BCUT2D eigenvalue weighted by atomic mass is 32.2. The Morgan fingerprint density at radius 2 is 2.03 bits per heavy atom. The summed E-state index contributed by atoms with van der Waals surface area (Å²) in [6.45, 7) is 4.88. The smallest absolute Gasteiger partial charge is 0.230 e. The van der Waals surface area contributed by atoms with Crippen LogP contribution in [0.4, 0.5) is 0 Å². The Bertz CT molecular complexity index is 1030.